The van der Waals surface area contributed by atoms with Crippen molar-refractivity contribution in [3.05, 3.63) is 65.2 Å². The zero-order valence-electron chi connectivity index (χ0n) is 12.2. The van der Waals surface area contributed by atoms with Crippen LogP contribution in [0.25, 0.3) is 0 Å². The Morgan fingerprint density at radius 2 is 1.76 bits per heavy atom. The van der Waals surface area contributed by atoms with Crippen LogP contribution >= 0.6 is 0 Å². The van der Waals surface area contributed by atoms with E-state index in [1.165, 1.54) is 36.0 Å². The predicted molar refractivity (Wildman–Crippen MR) is 84.6 cm³/mol. The number of para-hydroxylation sites is 1. The molecule has 0 radical (unpaired) electrons. The van der Waals surface area contributed by atoms with E-state index in [0.29, 0.717) is 6.61 Å². The van der Waals surface area contributed by atoms with E-state index < -0.39 is 0 Å². The molecule has 2 nitrogen and oxygen atoms in total. The number of hydrogen-bond acceptors (Lipinski definition) is 2. The molecule has 2 aliphatic rings. The standard InChI is InChI=1S/C19H21NO/c20-19(17-12-21-18-7-2-1-6-16(17)18)15-10-8-14(9-11-15)13-4-3-5-13/h1-2,6-11,13,17,19H,3-5,12,20H2. The van der Waals surface area contributed by atoms with Crippen LogP contribution in [0.3, 0.4) is 0 Å². The van der Waals surface area contributed by atoms with Crippen LogP contribution in [0.15, 0.2) is 48.5 Å². The number of nitrogens with two attached hydrogens (primary N) is 1. The summed E-state index contributed by atoms with van der Waals surface area (Å²) in [6.45, 7) is 0.685. The molecule has 4 rings (SSSR count). The van der Waals surface area contributed by atoms with Crippen molar-refractivity contribution >= 4 is 0 Å². The van der Waals surface area contributed by atoms with Crippen molar-refractivity contribution in [2.24, 2.45) is 5.73 Å². The number of benzene rings is 2. The van der Waals surface area contributed by atoms with Gasteiger partial charge in [-0.25, -0.2) is 0 Å². The molecule has 0 spiro atoms. The molecule has 0 aromatic heterocycles. The van der Waals surface area contributed by atoms with Crippen molar-refractivity contribution in [1.29, 1.82) is 0 Å². The van der Waals surface area contributed by atoms with Crippen LogP contribution in [0.1, 0.15) is 53.8 Å². The quantitative estimate of drug-likeness (QED) is 0.917. The summed E-state index contributed by atoms with van der Waals surface area (Å²) in [5, 5.41) is 0. The minimum Gasteiger partial charge on any atom is -0.493 e. The maximum Gasteiger partial charge on any atom is 0.122 e. The molecule has 1 aliphatic heterocycles. The third-order valence-corrected chi connectivity index (χ3v) is 5.07. The van der Waals surface area contributed by atoms with Crippen molar-refractivity contribution in [2.75, 3.05) is 6.61 Å². The summed E-state index contributed by atoms with van der Waals surface area (Å²) in [6.07, 6.45) is 4.06. The van der Waals surface area contributed by atoms with Crippen LogP contribution in [-0.2, 0) is 0 Å². The maximum absolute atomic E-state index is 6.51. The van der Waals surface area contributed by atoms with E-state index in [1.807, 2.05) is 12.1 Å². The Labute approximate surface area is 125 Å². The topological polar surface area (TPSA) is 35.2 Å². The Morgan fingerprint density at radius 3 is 2.48 bits per heavy atom. The van der Waals surface area contributed by atoms with Crippen LogP contribution in [0.4, 0.5) is 0 Å². The molecular weight excluding hydrogens is 258 g/mol. The fourth-order valence-electron chi connectivity index (χ4n) is 3.45. The van der Waals surface area contributed by atoms with Crippen LogP contribution in [0.2, 0.25) is 0 Å². The van der Waals surface area contributed by atoms with Gasteiger partial charge in [0.2, 0.25) is 0 Å². The third-order valence-electron chi connectivity index (χ3n) is 5.07. The predicted octanol–water partition coefficient (Wildman–Crippen LogP) is 4.13. The lowest BCUT2D eigenvalue weighted by atomic mass is 9.79. The largest absolute Gasteiger partial charge is 0.493 e. The molecule has 2 heteroatoms. The van der Waals surface area contributed by atoms with Crippen molar-refractivity contribution < 1.29 is 4.74 Å². The molecule has 0 saturated heterocycles. The van der Waals surface area contributed by atoms with E-state index >= 15 is 0 Å². The van der Waals surface area contributed by atoms with Crippen molar-refractivity contribution in [3.8, 4) is 5.75 Å². The Morgan fingerprint density at radius 1 is 1.00 bits per heavy atom. The lowest BCUT2D eigenvalue weighted by Gasteiger charge is -2.26. The number of fused-ring (bicyclic) bond motifs is 1. The second-order valence-corrected chi connectivity index (χ2v) is 6.28. The fraction of sp³-hybridized carbons (Fsp3) is 0.368. The van der Waals surface area contributed by atoms with Gasteiger partial charge in [-0.2, -0.15) is 0 Å². The van der Waals surface area contributed by atoms with Crippen LogP contribution in [0, 0.1) is 0 Å². The zero-order valence-corrected chi connectivity index (χ0v) is 12.2. The molecule has 2 aromatic carbocycles. The van der Waals surface area contributed by atoms with E-state index in [2.05, 4.69) is 36.4 Å². The fourth-order valence-corrected chi connectivity index (χ4v) is 3.45. The van der Waals surface area contributed by atoms with Gasteiger partial charge in [-0.3, -0.25) is 0 Å². The molecule has 2 N–H and O–H groups in total. The van der Waals surface area contributed by atoms with E-state index in [4.69, 9.17) is 10.5 Å². The van der Waals surface area contributed by atoms with Gasteiger partial charge in [-0.15, -0.1) is 0 Å². The van der Waals surface area contributed by atoms with Gasteiger partial charge in [0.05, 0.1) is 6.61 Å². The number of ether oxygens (including phenoxy) is 1. The van der Waals surface area contributed by atoms with Crippen LogP contribution in [-0.4, -0.2) is 6.61 Å². The molecule has 0 amide bonds. The first-order chi connectivity index (χ1) is 10.3. The van der Waals surface area contributed by atoms with Gasteiger partial charge in [-0.1, -0.05) is 48.9 Å². The highest BCUT2D eigenvalue weighted by Crippen LogP contribution is 2.41. The Bertz CT molecular complexity index is 630. The first-order valence-electron chi connectivity index (χ1n) is 7.90. The summed E-state index contributed by atoms with van der Waals surface area (Å²) in [4.78, 5) is 0. The van der Waals surface area contributed by atoms with Gasteiger partial charge < -0.3 is 10.5 Å². The summed E-state index contributed by atoms with van der Waals surface area (Å²) in [5.41, 5.74) is 10.4. The second kappa shape index (κ2) is 5.19. The molecule has 21 heavy (non-hydrogen) atoms. The molecule has 2 unspecified atom stereocenters. The monoisotopic (exact) mass is 279 g/mol. The van der Waals surface area contributed by atoms with E-state index in [1.54, 1.807) is 0 Å². The van der Waals surface area contributed by atoms with Crippen molar-refractivity contribution in [2.45, 2.75) is 37.1 Å². The molecule has 1 aliphatic carbocycles. The molecule has 1 fully saturated rings. The first kappa shape index (κ1) is 12.9. The summed E-state index contributed by atoms with van der Waals surface area (Å²) < 4.78 is 5.76. The average Bonchev–Trinajstić information content (AvgIpc) is 2.89. The van der Waals surface area contributed by atoms with Gasteiger partial charge in [-0.05, 0) is 36.0 Å². The van der Waals surface area contributed by atoms with E-state index in [0.717, 1.165) is 11.7 Å². The van der Waals surface area contributed by atoms with Gasteiger partial charge in [0, 0.05) is 17.5 Å². The van der Waals surface area contributed by atoms with Gasteiger partial charge in [0.25, 0.3) is 0 Å². The molecular formula is C19H21NO. The van der Waals surface area contributed by atoms with Crippen LogP contribution in [0.5, 0.6) is 5.75 Å². The minimum absolute atomic E-state index is 0.00379. The average molecular weight is 279 g/mol. The molecule has 108 valence electrons. The summed E-state index contributed by atoms with van der Waals surface area (Å²) >= 11 is 0. The van der Waals surface area contributed by atoms with Crippen LogP contribution < -0.4 is 10.5 Å². The van der Waals surface area contributed by atoms with Gasteiger partial charge in [0.1, 0.15) is 5.75 Å². The van der Waals surface area contributed by atoms with Gasteiger partial charge >= 0.3 is 0 Å². The molecule has 2 atom stereocenters. The molecule has 1 saturated carbocycles. The number of rotatable bonds is 3. The summed E-state index contributed by atoms with van der Waals surface area (Å²) in [6, 6.07) is 17.2. The highest BCUT2D eigenvalue weighted by molar-refractivity contribution is 5.42. The normalized spacial score (nSPS) is 22.2. The second-order valence-electron chi connectivity index (χ2n) is 6.28. The SMILES string of the molecule is NC(c1ccc(C2CCC2)cc1)C1COc2ccccc21. The molecule has 2 aromatic rings. The van der Waals surface area contributed by atoms with Crippen molar-refractivity contribution in [3.63, 3.8) is 0 Å². The minimum atomic E-state index is 0.00379. The van der Waals surface area contributed by atoms with E-state index in [-0.39, 0.29) is 12.0 Å². The summed E-state index contributed by atoms with van der Waals surface area (Å²) in [7, 11) is 0. The Balaban J connectivity index is 1.56. The Hall–Kier alpha value is -1.80. The first-order valence-corrected chi connectivity index (χ1v) is 7.90. The van der Waals surface area contributed by atoms with Crippen molar-refractivity contribution in [1.82, 2.24) is 0 Å². The van der Waals surface area contributed by atoms with E-state index in [9.17, 15) is 0 Å². The maximum atomic E-state index is 6.51. The molecule has 1 heterocycles. The third kappa shape index (κ3) is 2.24. The lowest BCUT2D eigenvalue weighted by molar-refractivity contribution is 0.315. The highest BCUT2D eigenvalue weighted by atomic mass is 16.5. The zero-order chi connectivity index (χ0) is 14.2. The number of hydrogen-bond donors (Lipinski definition) is 1. The lowest BCUT2D eigenvalue weighted by Crippen LogP contribution is -2.21. The van der Waals surface area contributed by atoms with Gasteiger partial charge in [0.15, 0.2) is 0 Å². The smallest absolute Gasteiger partial charge is 0.122 e. The summed E-state index contributed by atoms with van der Waals surface area (Å²) in [5.74, 6) is 2.03. The highest BCUT2D eigenvalue weighted by Gasteiger charge is 2.30. The Kier molecular flexibility index (Phi) is 3.19. The molecule has 0 bridgehead atoms.